The average molecular weight is 663 g/mol. The first-order valence-electron chi connectivity index (χ1n) is 14.2. The van der Waals surface area contributed by atoms with Crippen LogP contribution in [0, 0.1) is 0 Å². The molecule has 1 aromatic carbocycles. The molecule has 6 rings (SSSR count). The first kappa shape index (κ1) is 29.7. The maximum atomic E-state index is 15.2. The predicted octanol–water partition coefficient (Wildman–Crippen LogP) is 4.78. The van der Waals surface area contributed by atoms with Crippen LogP contribution in [0.5, 0.6) is 11.6 Å². The molecular formula is C32H29BrFN5O5. The Morgan fingerprint density at radius 2 is 1.98 bits per heavy atom. The maximum Gasteiger partial charge on any atom is 0.257 e. The van der Waals surface area contributed by atoms with Gasteiger partial charge in [-0.2, -0.15) is 0 Å². The van der Waals surface area contributed by atoms with Gasteiger partial charge in [-0.1, -0.05) is 30.3 Å². The molecule has 2 N–H and O–H groups in total. The van der Waals surface area contributed by atoms with Gasteiger partial charge in [0.15, 0.2) is 11.6 Å². The number of fused-ring (bicyclic) bond motifs is 1. The van der Waals surface area contributed by atoms with Gasteiger partial charge in [0.2, 0.25) is 11.3 Å². The predicted molar refractivity (Wildman–Crippen MR) is 166 cm³/mol. The third kappa shape index (κ3) is 6.57. The van der Waals surface area contributed by atoms with Crippen molar-refractivity contribution in [2.75, 3.05) is 39.5 Å². The van der Waals surface area contributed by atoms with Crippen LogP contribution in [0.2, 0.25) is 0 Å². The lowest BCUT2D eigenvalue weighted by molar-refractivity contribution is 0.0319. The number of hydrogen-bond acceptors (Lipinski definition) is 8. The number of carbonyl (C=O) groups is 1. The zero-order valence-electron chi connectivity index (χ0n) is 23.6. The highest BCUT2D eigenvalue weighted by Crippen LogP contribution is 2.35. The van der Waals surface area contributed by atoms with Crippen LogP contribution >= 0.6 is 15.9 Å². The summed E-state index contributed by atoms with van der Waals surface area (Å²) in [6, 6.07) is 10.0. The number of hydrogen-bond donors (Lipinski definition) is 2. The van der Waals surface area contributed by atoms with E-state index in [1.54, 1.807) is 42.9 Å². The van der Waals surface area contributed by atoms with Gasteiger partial charge >= 0.3 is 0 Å². The van der Waals surface area contributed by atoms with Gasteiger partial charge in [0.05, 0.1) is 30.2 Å². The number of amides is 1. The molecule has 1 aliphatic heterocycles. The minimum atomic E-state index is -0.670. The van der Waals surface area contributed by atoms with Crippen molar-refractivity contribution in [3.05, 3.63) is 105 Å². The fraction of sp³-hybridized carbons (Fsp3) is 0.250. The molecule has 1 atom stereocenters. The number of aromatic nitrogens is 3. The van der Waals surface area contributed by atoms with Crippen LogP contribution in [0.4, 0.5) is 4.39 Å². The molecule has 0 saturated carbocycles. The number of halogens is 2. The number of morpholine rings is 1. The lowest BCUT2D eigenvalue weighted by Crippen LogP contribution is -2.38. The van der Waals surface area contributed by atoms with Crippen LogP contribution in [-0.4, -0.2) is 71.3 Å². The number of ether oxygens (including phenoxy) is 3. The summed E-state index contributed by atoms with van der Waals surface area (Å²) in [7, 11) is 0. The summed E-state index contributed by atoms with van der Waals surface area (Å²) in [5.74, 6) is -0.466. The van der Waals surface area contributed by atoms with Gasteiger partial charge in [0.25, 0.3) is 5.91 Å². The van der Waals surface area contributed by atoms with Gasteiger partial charge in [-0.25, -0.2) is 9.37 Å². The Hall–Kier alpha value is -4.39. The minimum Gasteiger partial charge on any atom is -0.475 e. The first-order valence-corrected chi connectivity index (χ1v) is 15.0. The monoisotopic (exact) mass is 661 g/mol. The van der Waals surface area contributed by atoms with Gasteiger partial charge < -0.3 is 24.5 Å². The smallest absolute Gasteiger partial charge is 0.257 e. The highest BCUT2D eigenvalue weighted by molar-refractivity contribution is 9.10. The lowest BCUT2D eigenvalue weighted by Gasteiger charge is -2.26. The molecule has 0 bridgehead atoms. The van der Waals surface area contributed by atoms with E-state index < -0.39 is 23.2 Å². The maximum absolute atomic E-state index is 15.2. The molecule has 1 saturated heterocycles. The number of allylic oxidation sites excluding steroid dienone is 1. The third-order valence-electron chi connectivity index (χ3n) is 7.36. The Labute approximate surface area is 260 Å². The number of H-pyrrole nitrogens is 1. The van der Waals surface area contributed by atoms with E-state index in [0.29, 0.717) is 44.7 Å². The van der Waals surface area contributed by atoms with Gasteiger partial charge in [-0.3, -0.25) is 19.5 Å². The Bertz CT molecular complexity index is 1790. The van der Waals surface area contributed by atoms with Crippen molar-refractivity contribution in [1.29, 1.82) is 0 Å². The van der Waals surface area contributed by atoms with Crippen LogP contribution in [0.15, 0.2) is 94.2 Å². The molecule has 1 fully saturated rings. The number of pyridine rings is 3. The molecular weight excluding hydrogens is 633 g/mol. The molecule has 0 spiro atoms. The second-order valence-electron chi connectivity index (χ2n) is 10.2. The lowest BCUT2D eigenvalue weighted by atomic mass is 10.0. The van der Waals surface area contributed by atoms with Crippen molar-refractivity contribution < 1.29 is 23.4 Å². The molecule has 44 heavy (non-hydrogen) atoms. The molecule has 3 aromatic heterocycles. The van der Waals surface area contributed by atoms with E-state index in [1.807, 2.05) is 18.2 Å². The number of carbonyl (C=O) groups excluding carboxylic acids is 1. The van der Waals surface area contributed by atoms with Gasteiger partial charge in [-0.05, 0) is 46.1 Å². The SMILES string of the molecule is O=C(NC1C=C(F)C(Oc2ccnc3c(Br)c(OCCN4CCOCC4)ncc23)=CC1)c1c[nH]cc(-c2ccccc2)c1=O. The van der Waals surface area contributed by atoms with Crippen LogP contribution in [0.1, 0.15) is 16.8 Å². The fourth-order valence-electron chi connectivity index (χ4n) is 5.02. The molecule has 226 valence electrons. The number of aromatic amines is 1. The second-order valence-corrected chi connectivity index (χ2v) is 11.0. The van der Waals surface area contributed by atoms with E-state index in [9.17, 15) is 9.59 Å². The number of nitrogens with zero attached hydrogens (tertiary/aromatic N) is 3. The number of nitrogens with one attached hydrogen (secondary N) is 2. The Morgan fingerprint density at radius 3 is 2.77 bits per heavy atom. The summed E-state index contributed by atoms with van der Waals surface area (Å²) < 4.78 is 33.0. The first-order chi connectivity index (χ1) is 21.5. The van der Waals surface area contributed by atoms with Crippen molar-refractivity contribution in [1.82, 2.24) is 25.2 Å². The molecule has 1 aliphatic carbocycles. The van der Waals surface area contributed by atoms with E-state index in [1.165, 1.54) is 12.3 Å². The van der Waals surface area contributed by atoms with Crippen molar-refractivity contribution in [2.24, 2.45) is 0 Å². The van der Waals surface area contributed by atoms with Crippen molar-refractivity contribution >= 4 is 32.7 Å². The molecule has 4 aromatic rings. The molecule has 10 nitrogen and oxygen atoms in total. The van der Waals surface area contributed by atoms with E-state index in [2.05, 4.69) is 41.1 Å². The van der Waals surface area contributed by atoms with Crippen molar-refractivity contribution in [2.45, 2.75) is 12.5 Å². The third-order valence-corrected chi connectivity index (χ3v) is 8.07. The standard InChI is InChI=1S/C32H29BrFN5O5/c33-28-29-23(19-37-32(28)43-15-12-39-10-13-42-14-11-39)26(8-9-36-29)44-27-7-6-21(16-25(27)34)38-31(41)24-18-35-17-22(30(24)40)20-4-2-1-3-5-20/h1-5,7-9,16-19,21H,6,10-15H2,(H,35,40)(H,38,41). The molecule has 4 heterocycles. The molecule has 12 heteroatoms. The summed E-state index contributed by atoms with van der Waals surface area (Å²) in [6.45, 7) is 4.39. The highest BCUT2D eigenvalue weighted by atomic mass is 79.9. The normalized spacial score (nSPS) is 17.1. The molecule has 2 aliphatic rings. The fourth-order valence-corrected chi connectivity index (χ4v) is 5.55. The average Bonchev–Trinajstić information content (AvgIpc) is 3.04. The van der Waals surface area contributed by atoms with E-state index in [4.69, 9.17) is 14.2 Å². The molecule has 0 radical (unpaired) electrons. The van der Waals surface area contributed by atoms with E-state index >= 15 is 4.39 Å². The summed E-state index contributed by atoms with van der Waals surface area (Å²) in [6.07, 6.45) is 9.13. The molecule has 1 unspecified atom stereocenters. The number of benzene rings is 1. The van der Waals surface area contributed by atoms with Crippen LogP contribution < -0.4 is 20.2 Å². The topological polar surface area (TPSA) is 119 Å². The Kier molecular flexibility index (Phi) is 9.10. The Balaban J connectivity index is 1.11. The highest BCUT2D eigenvalue weighted by Gasteiger charge is 2.23. The van der Waals surface area contributed by atoms with Crippen LogP contribution in [0.25, 0.3) is 22.0 Å². The van der Waals surface area contributed by atoms with Crippen molar-refractivity contribution in [3.63, 3.8) is 0 Å². The Morgan fingerprint density at radius 1 is 1.16 bits per heavy atom. The minimum absolute atomic E-state index is 0.00822. The second kappa shape index (κ2) is 13.5. The largest absolute Gasteiger partial charge is 0.475 e. The van der Waals surface area contributed by atoms with E-state index in [0.717, 1.165) is 32.8 Å². The summed E-state index contributed by atoms with van der Waals surface area (Å²) in [5, 5.41) is 3.30. The summed E-state index contributed by atoms with van der Waals surface area (Å²) in [4.78, 5) is 40.0. The zero-order valence-corrected chi connectivity index (χ0v) is 25.2. The van der Waals surface area contributed by atoms with E-state index in [-0.39, 0.29) is 17.7 Å². The number of rotatable bonds is 9. The summed E-state index contributed by atoms with van der Waals surface area (Å²) >= 11 is 3.55. The van der Waals surface area contributed by atoms with Gasteiger partial charge in [-0.15, -0.1) is 0 Å². The summed E-state index contributed by atoms with van der Waals surface area (Å²) in [5.41, 5.74) is 1.15. The quantitative estimate of drug-likeness (QED) is 0.263. The van der Waals surface area contributed by atoms with Gasteiger partial charge in [0, 0.05) is 50.0 Å². The zero-order chi connectivity index (χ0) is 30.5. The van der Waals surface area contributed by atoms with Crippen LogP contribution in [-0.2, 0) is 4.74 Å². The van der Waals surface area contributed by atoms with Crippen LogP contribution in [0.3, 0.4) is 0 Å². The van der Waals surface area contributed by atoms with Crippen molar-refractivity contribution in [3.8, 4) is 22.8 Å². The van der Waals surface area contributed by atoms with Gasteiger partial charge in [0.1, 0.15) is 22.4 Å². The molecule has 1 amide bonds.